The first-order chi connectivity index (χ1) is 9.97. The molecule has 1 rings (SSSR count). The highest BCUT2D eigenvalue weighted by Gasteiger charge is 2.34. The Morgan fingerprint density at radius 1 is 1.19 bits per heavy atom. The summed E-state index contributed by atoms with van der Waals surface area (Å²) in [6.45, 7) is 14.3. The average Bonchev–Trinajstić information content (AvgIpc) is 2.44. The minimum absolute atomic E-state index is 0.296. The summed E-state index contributed by atoms with van der Waals surface area (Å²) in [5.74, 6) is 0. The summed E-state index contributed by atoms with van der Waals surface area (Å²) in [5.41, 5.74) is 0.296. The average molecular weight is 300 g/mol. The molecule has 1 saturated heterocycles. The fourth-order valence-corrected chi connectivity index (χ4v) is 3.05. The summed E-state index contributed by atoms with van der Waals surface area (Å²) < 4.78 is 5.85. The van der Waals surface area contributed by atoms with E-state index in [0.717, 1.165) is 39.4 Å². The van der Waals surface area contributed by atoms with Gasteiger partial charge in [-0.2, -0.15) is 0 Å². The maximum atomic E-state index is 5.85. The fraction of sp³-hybridized carbons (Fsp3) is 1.00. The zero-order valence-corrected chi connectivity index (χ0v) is 15.0. The lowest BCUT2D eigenvalue weighted by Gasteiger charge is -2.41. The van der Waals surface area contributed by atoms with E-state index in [0.29, 0.717) is 11.5 Å². The van der Waals surface area contributed by atoms with E-state index in [4.69, 9.17) is 4.74 Å². The Morgan fingerprint density at radius 2 is 1.95 bits per heavy atom. The highest BCUT2D eigenvalue weighted by molar-refractivity contribution is 4.88. The quantitative estimate of drug-likeness (QED) is 0.668. The van der Waals surface area contributed by atoms with Gasteiger partial charge in [0.05, 0.1) is 6.61 Å². The van der Waals surface area contributed by atoms with Gasteiger partial charge in [-0.1, -0.05) is 20.8 Å². The van der Waals surface area contributed by atoms with Gasteiger partial charge >= 0.3 is 0 Å². The van der Waals surface area contributed by atoms with Gasteiger partial charge < -0.3 is 19.9 Å². The fourth-order valence-electron chi connectivity index (χ4n) is 3.05. The van der Waals surface area contributed by atoms with Gasteiger partial charge in [-0.15, -0.1) is 0 Å². The third-order valence-corrected chi connectivity index (χ3v) is 4.25. The molecule has 0 radical (unpaired) electrons. The molecule has 1 aliphatic rings. The van der Waals surface area contributed by atoms with E-state index in [1.54, 1.807) is 0 Å². The molecule has 126 valence electrons. The van der Waals surface area contributed by atoms with Crippen molar-refractivity contribution < 1.29 is 4.74 Å². The lowest BCUT2D eigenvalue weighted by Crippen LogP contribution is -2.51. The molecule has 0 saturated carbocycles. The molecule has 1 unspecified atom stereocenters. The molecule has 4 heteroatoms. The van der Waals surface area contributed by atoms with Crippen molar-refractivity contribution in [1.29, 1.82) is 0 Å². The van der Waals surface area contributed by atoms with Crippen LogP contribution in [0.25, 0.3) is 0 Å². The molecule has 0 aromatic rings. The summed E-state index contributed by atoms with van der Waals surface area (Å²) >= 11 is 0. The van der Waals surface area contributed by atoms with E-state index in [-0.39, 0.29) is 0 Å². The number of ether oxygens (including phenoxy) is 1. The van der Waals surface area contributed by atoms with Crippen molar-refractivity contribution >= 4 is 0 Å². The monoisotopic (exact) mass is 299 g/mol. The number of hydrogen-bond acceptors (Lipinski definition) is 4. The molecule has 1 heterocycles. The minimum atomic E-state index is 0.296. The molecule has 0 aromatic heterocycles. The molecule has 0 amide bonds. The van der Waals surface area contributed by atoms with E-state index < -0.39 is 0 Å². The standard InChI is InChI=1S/C17H37N3O/c1-6-9-20(11-10-19(4)5)14-17(13-18-16(2)3)8-7-12-21-15-17/h16,18H,6-15H2,1-5H3. The van der Waals surface area contributed by atoms with Gasteiger partial charge in [-0.25, -0.2) is 0 Å². The van der Waals surface area contributed by atoms with Crippen LogP contribution in [0, 0.1) is 5.41 Å². The summed E-state index contributed by atoms with van der Waals surface area (Å²) in [5, 5.41) is 3.65. The molecule has 0 aromatic carbocycles. The van der Waals surface area contributed by atoms with Crippen LogP contribution in [0.1, 0.15) is 40.0 Å². The molecule has 0 aliphatic carbocycles. The van der Waals surface area contributed by atoms with Crippen LogP contribution in [0.3, 0.4) is 0 Å². The molecule has 1 aliphatic heterocycles. The summed E-state index contributed by atoms with van der Waals surface area (Å²) in [6.07, 6.45) is 3.71. The van der Waals surface area contributed by atoms with Crippen molar-refractivity contribution in [3.8, 4) is 0 Å². The Morgan fingerprint density at radius 3 is 2.48 bits per heavy atom. The van der Waals surface area contributed by atoms with Crippen molar-refractivity contribution in [3.05, 3.63) is 0 Å². The predicted molar refractivity (Wildman–Crippen MR) is 90.9 cm³/mol. The number of rotatable bonds is 10. The van der Waals surface area contributed by atoms with Crippen molar-refractivity contribution in [1.82, 2.24) is 15.1 Å². The van der Waals surface area contributed by atoms with Gasteiger partial charge in [-0.05, 0) is 39.9 Å². The molecule has 0 spiro atoms. The van der Waals surface area contributed by atoms with Crippen molar-refractivity contribution in [2.24, 2.45) is 5.41 Å². The van der Waals surface area contributed by atoms with Gasteiger partial charge in [0.1, 0.15) is 0 Å². The van der Waals surface area contributed by atoms with Gasteiger partial charge in [0.15, 0.2) is 0 Å². The van der Waals surface area contributed by atoms with Gasteiger partial charge in [0.2, 0.25) is 0 Å². The number of hydrogen-bond donors (Lipinski definition) is 1. The maximum Gasteiger partial charge on any atom is 0.0546 e. The Kier molecular flexibility index (Phi) is 8.79. The highest BCUT2D eigenvalue weighted by Crippen LogP contribution is 2.29. The van der Waals surface area contributed by atoms with Crippen LogP contribution in [0.2, 0.25) is 0 Å². The van der Waals surface area contributed by atoms with Crippen LogP contribution >= 0.6 is 0 Å². The molecular weight excluding hydrogens is 262 g/mol. The normalized spacial score (nSPS) is 23.4. The number of nitrogens with one attached hydrogen (secondary N) is 1. The van der Waals surface area contributed by atoms with Crippen molar-refractivity contribution in [2.75, 3.05) is 60.0 Å². The molecule has 1 atom stereocenters. The number of nitrogens with zero attached hydrogens (tertiary/aromatic N) is 2. The summed E-state index contributed by atoms with van der Waals surface area (Å²) in [7, 11) is 4.31. The topological polar surface area (TPSA) is 27.7 Å². The Bertz CT molecular complexity index is 263. The zero-order valence-electron chi connectivity index (χ0n) is 15.0. The largest absolute Gasteiger partial charge is 0.381 e. The van der Waals surface area contributed by atoms with Crippen molar-refractivity contribution in [2.45, 2.75) is 46.1 Å². The molecule has 4 nitrogen and oxygen atoms in total. The third kappa shape index (κ3) is 7.59. The first-order valence-electron chi connectivity index (χ1n) is 8.65. The second-order valence-corrected chi connectivity index (χ2v) is 7.27. The first kappa shape index (κ1) is 18.9. The third-order valence-electron chi connectivity index (χ3n) is 4.25. The van der Waals surface area contributed by atoms with E-state index >= 15 is 0 Å². The zero-order chi connectivity index (χ0) is 15.7. The van der Waals surface area contributed by atoms with Gasteiger partial charge in [-0.3, -0.25) is 0 Å². The SMILES string of the molecule is CCCN(CCN(C)C)CC1(CNC(C)C)CCCOC1. The van der Waals surface area contributed by atoms with Crippen LogP contribution in [0.4, 0.5) is 0 Å². The predicted octanol–water partition coefficient (Wildman–Crippen LogP) is 2.05. The van der Waals surface area contributed by atoms with Crippen molar-refractivity contribution in [3.63, 3.8) is 0 Å². The van der Waals surface area contributed by atoms with Crippen LogP contribution in [-0.2, 0) is 4.74 Å². The summed E-state index contributed by atoms with van der Waals surface area (Å²) in [6, 6.07) is 0.546. The molecule has 0 bridgehead atoms. The van der Waals surface area contributed by atoms with E-state index in [2.05, 4.69) is 50.0 Å². The Labute approximate surface area is 132 Å². The minimum Gasteiger partial charge on any atom is -0.381 e. The molecule has 21 heavy (non-hydrogen) atoms. The summed E-state index contributed by atoms with van der Waals surface area (Å²) in [4.78, 5) is 4.91. The van der Waals surface area contributed by atoms with Gasteiger partial charge in [0, 0.05) is 44.2 Å². The first-order valence-corrected chi connectivity index (χ1v) is 8.65. The Balaban J connectivity index is 2.61. The molecule has 1 fully saturated rings. The van der Waals surface area contributed by atoms with Crippen LogP contribution in [-0.4, -0.2) is 75.9 Å². The number of likely N-dealkylation sites (N-methyl/N-ethyl adjacent to an activating group) is 1. The lowest BCUT2D eigenvalue weighted by atomic mass is 9.81. The maximum absolute atomic E-state index is 5.85. The van der Waals surface area contributed by atoms with Crippen LogP contribution in [0.15, 0.2) is 0 Å². The Hall–Kier alpha value is -0.160. The smallest absolute Gasteiger partial charge is 0.0546 e. The van der Waals surface area contributed by atoms with E-state index in [9.17, 15) is 0 Å². The van der Waals surface area contributed by atoms with E-state index in [1.807, 2.05) is 0 Å². The van der Waals surface area contributed by atoms with Crippen LogP contribution < -0.4 is 5.32 Å². The second-order valence-electron chi connectivity index (χ2n) is 7.27. The van der Waals surface area contributed by atoms with Crippen LogP contribution in [0.5, 0.6) is 0 Å². The second kappa shape index (κ2) is 9.78. The molecular formula is C17H37N3O. The lowest BCUT2D eigenvalue weighted by molar-refractivity contribution is -0.0276. The van der Waals surface area contributed by atoms with Gasteiger partial charge in [0.25, 0.3) is 0 Å². The highest BCUT2D eigenvalue weighted by atomic mass is 16.5. The van der Waals surface area contributed by atoms with E-state index in [1.165, 1.54) is 25.8 Å². The molecule has 1 N–H and O–H groups in total.